The molecule has 0 saturated carbocycles. The van der Waals surface area contributed by atoms with Gasteiger partial charge in [0, 0.05) is 25.6 Å². The van der Waals surface area contributed by atoms with Crippen LogP contribution in [0.25, 0.3) is 0 Å². The van der Waals surface area contributed by atoms with Crippen LogP contribution in [0.5, 0.6) is 5.75 Å². The van der Waals surface area contributed by atoms with Crippen molar-refractivity contribution in [2.45, 2.75) is 69.7 Å². The molecular formula is C20H32N2O4S. The van der Waals surface area contributed by atoms with Crippen molar-refractivity contribution in [2.75, 3.05) is 20.2 Å². The van der Waals surface area contributed by atoms with E-state index in [4.69, 9.17) is 4.74 Å². The maximum Gasteiger partial charge on any atom is 0.243 e. The molecule has 1 aromatic carbocycles. The number of rotatable bonds is 9. The van der Waals surface area contributed by atoms with E-state index in [9.17, 15) is 13.2 Å². The second kappa shape index (κ2) is 10.1. The third-order valence-electron chi connectivity index (χ3n) is 4.96. The second-order valence-corrected chi connectivity index (χ2v) is 9.13. The van der Waals surface area contributed by atoms with E-state index in [1.165, 1.54) is 0 Å². The van der Waals surface area contributed by atoms with Crippen molar-refractivity contribution in [3.05, 3.63) is 23.8 Å². The molecule has 0 unspecified atom stereocenters. The number of amides is 1. The largest absolute Gasteiger partial charge is 0.496 e. The number of nitrogens with zero attached hydrogens (tertiary/aromatic N) is 1. The fourth-order valence-corrected chi connectivity index (χ4v) is 5.03. The molecule has 0 bridgehead atoms. The highest BCUT2D eigenvalue weighted by molar-refractivity contribution is 7.89. The maximum atomic E-state index is 12.9. The molecule has 1 fully saturated rings. The van der Waals surface area contributed by atoms with Crippen LogP contribution >= 0.6 is 0 Å². The Balaban J connectivity index is 2.11. The monoisotopic (exact) mass is 396 g/mol. The summed E-state index contributed by atoms with van der Waals surface area (Å²) in [5.74, 6) is 0.587. The molecule has 1 N–H and O–H groups in total. The van der Waals surface area contributed by atoms with E-state index in [0.29, 0.717) is 31.7 Å². The zero-order valence-corrected chi connectivity index (χ0v) is 17.5. The fraction of sp³-hybridized carbons (Fsp3) is 0.650. The van der Waals surface area contributed by atoms with Crippen molar-refractivity contribution >= 4 is 15.9 Å². The number of sulfonamides is 1. The van der Waals surface area contributed by atoms with Crippen molar-refractivity contribution in [3.8, 4) is 5.75 Å². The van der Waals surface area contributed by atoms with Crippen LogP contribution in [0.2, 0.25) is 0 Å². The number of piperidine rings is 1. The quantitative estimate of drug-likeness (QED) is 0.696. The Bertz CT molecular complexity index is 727. The Morgan fingerprint density at radius 1 is 1.26 bits per heavy atom. The molecule has 1 aliphatic heterocycles. The summed E-state index contributed by atoms with van der Waals surface area (Å²) in [6.45, 7) is 5.22. The number of nitrogens with one attached hydrogen (secondary N) is 1. The zero-order valence-electron chi connectivity index (χ0n) is 16.7. The Kier molecular flexibility index (Phi) is 8.10. The normalized spacial score (nSPS) is 16.7. The van der Waals surface area contributed by atoms with E-state index >= 15 is 0 Å². The SMILES string of the molecule is CCC[C@@H](C)NC(=O)CCc1cc(S(=O)(=O)N2CCCCC2)ccc1OC. The minimum atomic E-state index is -3.50. The summed E-state index contributed by atoms with van der Waals surface area (Å²) in [4.78, 5) is 12.4. The van der Waals surface area contributed by atoms with E-state index in [-0.39, 0.29) is 16.8 Å². The molecule has 27 heavy (non-hydrogen) atoms. The van der Waals surface area contributed by atoms with Crippen LogP contribution in [0.3, 0.4) is 0 Å². The smallest absolute Gasteiger partial charge is 0.243 e. The molecule has 0 radical (unpaired) electrons. The van der Waals surface area contributed by atoms with E-state index in [1.807, 2.05) is 6.92 Å². The Hall–Kier alpha value is -1.60. The maximum absolute atomic E-state index is 12.9. The van der Waals surface area contributed by atoms with Gasteiger partial charge in [-0.25, -0.2) is 8.42 Å². The van der Waals surface area contributed by atoms with E-state index < -0.39 is 10.0 Å². The van der Waals surface area contributed by atoms with Crippen molar-refractivity contribution in [2.24, 2.45) is 0 Å². The van der Waals surface area contributed by atoms with E-state index in [1.54, 1.807) is 29.6 Å². The topological polar surface area (TPSA) is 75.7 Å². The van der Waals surface area contributed by atoms with Crippen LogP contribution in [-0.2, 0) is 21.2 Å². The Labute approximate surface area is 163 Å². The predicted molar refractivity (Wildman–Crippen MR) is 106 cm³/mol. The van der Waals surface area contributed by atoms with Crippen molar-refractivity contribution < 1.29 is 17.9 Å². The molecule has 1 heterocycles. The first-order valence-corrected chi connectivity index (χ1v) is 11.3. The van der Waals surface area contributed by atoms with Gasteiger partial charge in [-0.15, -0.1) is 0 Å². The van der Waals surface area contributed by atoms with Gasteiger partial charge in [0.15, 0.2) is 0 Å². The minimum Gasteiger partial charge on any atom is -0.496 e. The molecule has 7 heteroatoms. The summed E-state index contributed by atoms with van der Waals surface area (Å²) in [6, 6.07) is 5.08. The van der Waals surface area contributed by atoms with Gasteiger partial charge in [0.25, 0.3) is 0 Å². The van der Waals surface area contributed by atoms with Crippen molar-refractivity contribution in [3.63, 3.8) is 0 Å². The van der Waals surface area contributed by atoms with Crippen LogP contribution in [0.4, 0.5) is 0 Å². The molecule has 1 atom stereocenters. The summed E-state index contributed by atoms with van der Waals surface area (Å²) in [7, 11) is -1.94. The van der Waals surface area contributed by atoms with Crippen LogP contribution in [-0.4, -0.2) is 44.9 Å². The number of carbonyl (C=O) groups is 1. The minimum absolute atomic E-state index is 0.0257. The van der Waals surface area contributed by atoms with Gasteiger partial charge in [-0.05, 0) is 56.4 Å². The highest BCUT2D eigenvalue weighted by Gasteiger charge is 2.26. The average molecular weight is 397 g/mol. The third kappa shape index (κ3) is 5.94. The summed E-state index contributed by atoms with van der Waals surface area (Å²) in [5, 5.41) is 2.98. The van der Waals surface area contributed by atoms with E-state index in [0.717, 1.165) is 37.7 Å². The number of methoxy groups -OCH3 is 1. The number of hydrogen-bond donors (Lipinski definition) is 1. The van der Waals surface area contributed by atoms with Crippen LogP contribution in [0.1, 0.15) is 57.9 Å². The molecule has 0 aromatic heterocycles. The first-order chi connectivity index (χ1) is 12.9. The van der Waals surface area contributed by atoms with Gasteiger partial charge < -0.3 is 10.1 Å². The number of aryl methyl sites for hydroxylation is 1. The van der Waals surface area contributed by atoms with Gasteiger partial charge in [-0.3, -0.25) is 4.79 Å². The Morgan fingerprint density at radius 2 is 1.96 bits per heavy atom. The summed E-state index contributed by atoms with van der Waals surface area (Å²) < 4.78 is 32.7. The average Bonchev–Trinajstić information content (AvgIpc) is 2.67. The van der Waals surface area contributed by atoms with Gasteiger partial charge in [0.2, 0.25) is 15.9 Å². The highest BCUT2D eigenvalue weighted by Crippen LogP contribution is 2.27. The third-order valence-corrected chi connectivity index (χ3v) is 6.85. The molecule has 0 spiro atoms. The van der Waals surface area contributed by atoms with Crippen LogP contribution < -0.4 is 10.1 Å². The number of carbonyl (C=O) groups excluding carboxylic acids is 1. The fourth-order valence-electron chi connectivity index (χ4n) is 3.47. The van der Waals surface area contributed by atoms with Crippen molar-refractivity contribution in [1.29, 1.82) is 0 Å². The van der Waals surface area contributed by atoms with Crippen LogP contribution in [0, 0.1) is 0 Å². The standard InChI is InChI=1S/C20H32N2O4S/c1-4-8-16(2)21-20(23)12-9-17-15-18(10-11-19(17)26-3)27(24,25)22-13-6-5-7-14-22/h10-11,15-16H,4-9,12-14H2,1-3H3,(H,21,23)/t16-/m1/s1. The predicted octanol–water partition coefficient (Wildman–Crippen LogP) is 3.11. The zero-order chi connectivity index (χ0) is 19.9. The summed E-state index contributed by atoms with van der Waals surface area (Å²) >= 11 is 0. The number of ether oxygens (including phenoxy) is 1. The van der Waals surface area contributed by atoms with E-state index in [2.05, 4.69) is 12.2 Å². The number of benzene rings is 1. The lowest BCUT2D eigenvalue weighted by atomic mass is 10.1. The lowest BCUT2D eigenvalue weighted by molar-refractivity contribution is -0.121. The Morgan fingerprint density at radius 3 is 2.59 bits per heavy atom. The first kappa shape index (κ1) is 21.7. The molecule has 1 amide bonds. The van der Waals surface area contributed by atoms with Crippen molar-refractivity contribution in [1.82, 2.24) is 9.62 Å². The second-order valence-electron chi connectivity index (χ2n) is 7.20. The van der Waals surface area contributed by atoms with Gasteiger partial charge in [-0.2, -0.15) is 4.31 Å². The first-order valence-electron chi connectivity index (χ1n) is 9.85. The highest BCUT2D eigenvalue weighted by atomic mass is 32.2. The van der Waals surface area contributed by atoms with Gasteiger partial charge in [0.1, 0.15) is 5.75 Å². The van der Waals surface area contributed by atoms with Crippen LogP contribution in [0.15, 0.2) is 23.1 Å². The summed E-state index contributed by atoms with van der Waals surface area (Å²) in [6.07, 6.45) is 5.58. The van der Waals surface area contributed by atoms with Gasteiger partial charge >= 0.3 is 0 Å². The molecule has 0 aliphatic carbocycles. The lowest BCUT2D eigenvalue weighted by Gasteiger charge is -2.26. The molecule has 2 rings (SSSR count). The number of hydrogen-bond acceptors (Lipinski definition) is 4. The molecule has 1 aliphatic rings. The summed E-state index contributed by atoms with van der Waals surface area (Å²) in [5.41, 5.74) is 0.744. The molecule has 6 nitrogen and oxygen atoms in total. The molecule has 1 aromatic rings. The van der Waals surface area contributed by atoms with Gasteiger partial charge in [0.05, 0.1) is 12.0 Å². The molecule has 1 saturated heterocycles. The molecule has 152 valence electrons. The molecular weight excluding hydrogens is 364 g/mol. The lowest BCUT2D eigenvalue weighted by Crippen LogP contribution is -2.35. The van der Waals surface area contributed by atoms with Gasteiger partial charge in [-0.1, -0.05) is 19.8 Å².